The van der Waals surface area contributed by atoms with E-state index in [0.717, 1.165) is 20.7 Å². The summed E-state index contributed by atoms with van der Waals surface area (Å²) in [7, 11) is 0. The maximum Gasteiger partial charge on any atom is 0.264 e. The van der Waals surface area contributed by atoms with Crippen molar-refractivity contribution >= 4 is 44.9 Å². The molecule has 1 amide bonds. The normalized spacial score (nSPS) is 10.8. The Bertz CT molecular complexity index is 1130. The number of nitrogens with one attached hydrogen (secondary N) is 1. The first-order chi connectivity index (χ1) is 14.2. The largest absolute Gasteiger partial charge is 0.484 e. The zero-order valence-corrected chi connectivity index (χ0v) is 16.8. The monoisotopic (exact) mass is 425 g/mol. The SMILES string of the molecule is O=C(COc1ccc2ccccc2c1)Nc1nnc(SCc2ccc(F)cc2)s1. The molecule has 0 aliphatic carbocycles. The van der Waals surface area contributed by atoms with Crippen LogP contribution >= 0.6 is 23.1 Å². The van der Waals surface area contributed by atoms with Crippen LogP contribution in [-0.2, 0) is 10.5 Å². The van der Waals surface area contributed by atoms with Crippen molar-refractivity contribution in [2.45, 2.75) is 10.1 Å². The summed E-state index contributed by atoms with van der Waals surface area (Å²) < 4.78 is 19.2. The van der Waals surface area contributed by atoms with Crippen molar-refractivity contribution in [2.75, 3.05) is 11.9 Å². The molecule has 4 aromatic rings. The van der Waals surface area contributed by atoms with Gasteiger partial charge in [-0.05, 0) is 40.6 Å². The summed E-state index contributed by atoms with van der Waals surface area (Å²) in [6.45, 7) is -0.115. The number of halogens is 1. The lowest BCUT2D eigenvalue weighted by Crippen LogP contribution is -2.20. The zero-order valence-electron chi connectivity index (χ0n) is 15.2. The number of anilines is 1. The summed E-state index contributed by atoms with van der Waals surface area (Å²) in [5.41, 5.74) is 0.987. The third-order valence-electron chi connectivity index (χ3n) is 4.02. The number of rotatable bonds is 7. The van der Waals surface area contributed by atoms with E-state index in [9.17, 15) is 9.18 Å². The van der Waals surface area contributed by atoms with E-state index in [0.29, 0.717) is 16.6 Å². The van der Waals surface area contributed by atoms with Crippen LogP contribution in [-0.4, -0.2) is 22.7 Å². The van der Waals surface area contributed by atoms with E-state index in [4.69, 9.17) is 4.74 Å². The summed E-state index contributed by atoms with van der Waals surface area (Å²) in [6, 6.07) is 20.0. The molecule has 4 rings (SSSR count). The van der Waals surface area contributed by atoms with Gasteiger partial charge in [-0.25, -0.2) is 4.39 Å². The van der Waals surface area contributed by atoms with E-state index in [2.05, 4.69) is 15.5 Å². The molecule has 0 fully saturated rings. The highest BCUT2D eigenvalue weighted by Crippen LogP contribution is 2.28. The Labute approximate surface area is 174 Å². The zero-order chi connectivity index (χ0) is 20.1. The molecule has 1 heterocycles. The van der Waals surface area contributed by atoms with Crippen molar-refractivity contribution in [1.82, 2.24) is 10.2 Å². The maximum absolute atomic E-state index is 12.9. The lowest BCUT2D eigenvalue weighted by atomic mass is 10.1. The van der Waals surface area contributed by atoms with Crippen LogP contribution in [0.1, 0.15) is 5.56 Å². The second-order valence-corrected chi connectivity index (χ2v) is 8.33. The van der Waals surface area contributed by atoms with Crippen molar-refractivity contribution in [2.24, 2.45) is 0 Å². The van der Waals surface area contributed by atoms with Crippen LogP contribution in [0, 0.1) is 5.82 Å². The Morgan fingerprint density at radius 3 is 2.66 bits per heavy atom. The Kier molecular flexibility index (Phi) is 6.02. The minimum atomic E-state index is -0.301. The maximum atomic E-state index is 12.9. The Morgan fingerprint density at radius 1 is 1.03 bits per heavy atom. The van der Waals surface area contributed by atoms with Crippen molar-refractivity contribution < 1.29 is 13.9 Å². The molecular formula is C21H16FN3O2S2. The molecular weight excluding hydrogens is 409 g/mol. The molecule has 0 aliphatic heterocycles. The molecule has 1 aromatic heterocycles. The van der Waals surface area contributed by atoms with Gasteiger partial charge >= 0.3 is 0 Å². The average Bonchev–Trinajstić information content (AvgIpc) is 3.19. The van der Waals surface area contributed by atoms with Gasteiger partial charge in [-0.2, -0.15) is 0 Å². The molecule has 146 valence electrons. The second-order valence-electron chi connectivity index (χ2n) is 6.13. The number of benzene rings is 3. The molecule has 3 aromatic carbocycles. The number of hydrogen-bond donors (Lipinski definition) is 1. The first kappa shape index (κ1) is 19.4. The van der Waals surface area contributed by atoms with E-state index in [1.165, 1.54) is 35.2 Å². The molecule has 0 radical (unpaired) electrons. The van der Waals surface area contributed by atoms with Gasteiger partial charge in [-0.1, -0.05) is 65.6 Å². The fourth-order valence-corrected chi connectivity index (χ4v) is 4.33. The molecule has 0 spiro atoms. The molecule has 0 bridgehead atoms. The number of hydrogen-bond acceptors (Lipinski definition) is 6. The van der Waals surface area contributed by atoms with Crippen LogP contribution in [0.3, 0.4) is 0 Å². The lowest BCUT2D eigenvalue weighted by Gasteiger charge is -2.06. The van der Waals surface area contributed by atoms with Crippen LogP contribution in [0.2, 0.25) is 0 Å². The highest BCUT2D eigenvalue weighted by Gasteiger charge is 2.10. The Morgan fingerprint density at radius 2 is 1.83 bits per heavy atom. The van der Waals surface area contributed by atoms with Gasteiger partial charge in [0.2, 0.25) is 5.13 Å². The minimum absolute atomic E-state index is 0.115. The molecule has 0 atom stereocenters. The summed E-state index contributed by atoms with van der Waals surface area (Å²) in [5, 5.41) is 13.3. The fraction of sp³-hybridized carbons (Fsp3) is 0.0952. The molecule has 0 saturated heterocycles. The van der Waals surface area contributed by atoms with Crippen molar-refractivity contribution in [3.05, 3.63) is 78.1 Å². The van der Waals surface area contributed by atoms with Gasteiger partial charge in [0.05, 0.1) is 0 Å². The lowest BCUT2D eigenvalue weighted by molar-refractivity contribution is -0.118. The summed E-state index contributed by atoms with van der Waals surface area (Å²) in [4.78, 5) is 12.1. The number of aromatic nitrogens is 2. The molecule has 0 saturated carbocycles. The summed E-state index contributed by atoms with van der Waals surface area (Å²) in [6.07, 6.45) is 0. The summed E-state index contributed by atoms with van der Waals surface area (Å²) >= 11 is 2.76. The number of ether oxygens (including phenoxy) is 1. The van der Waals surface area contributed by atoms with E-state index < -0.39 is 0 Å². The fourth-order valence-electron chi connectivity index (χ4n) is 2.61. The quantitative estimate of drug-likeness (QED) is 0.328. The third-order valence-corrected chi connectivity index (χ3v) is 6.06. The Balaban J connectivity index is 1.27. The van der Waals surface area contributed by atoms with Gasteiger partial charge in [-0.15, -0.1) is 10.2 Å². The van der Waals surface area contributed by atoms with Crippen LogP contribution in [0.5, 0.6) is 5.75 Å². The second kappa shape index (κ2) is 9.02. The number of nitrogens with zero attached hydrogens (tertiary/aromatic N) is 2. The first-order valence-electron chi connectivity index (χ1n) is 8.78. The summed E-state index contributed by atoms with van der Waals surface area (Å²) in [5.74, 6) is 0.718. The van der Waals surface area contributed by atoms with Gasteiger partial charge in [0, 0.05) is 5.75 Å². The van der Waals surface area contributed by atoms with E-state index in [-0.39, 0.29) is 18.3 Å². The van der Waals surface area contributed by atoms with Crippen LogP contribution in [0.4, 0.5) is 9.52 Å². The highest BCUT2D eigenvalue weighted by atomic mass is 32.2. The van der Waals surface area contributed by atoms with E-state index >= 15 is 0 Å². The predicted octanol–water partition coefficient (Wildman–Crippen LogP) is 5.14. The molecule has 1 N–H and O–H groups in total. The number of amides is 1. The highest BCUT2D eigenvalue weighted by molar-refractivity contribution is 8.00. The van der Waals surface area contributed by atoms with Crippen LogP contribution < -0.4 is 10.1 Å². The Hall–Kier alpha value is -2.97. The van der Waals surface area contributed by atoms with Gasteiger partial charge in [0.1, 0.15) is 11.6 Å². The average molecular weight is 426 g/mol. The number of fused-ring (bicyclic) bond motifs is 1. The third kappa shape index (κ3) is 5.30. The number of thioether (sulfide) groups is 1. The topological polar surface area (TPSA) is 64.1 Å². The van der Waals surface area contributed by atoms with Crippen LogP contribution in [0.15, 0.2) is 71.1 Å². The van der Waals surface area contributed by atoms with Crippen molar-refractivity contribution in [3.63, 3.8) is 0 Å². The standard InChI is InChI=1S/C21H16FN3O2S2/c22-17-8-5-14(6-9-17)13-28-21-25-24-20(29-21)23-19(26)12-27-18-10-7-15-3-1-2-4-16(15)11-18/h1-11H,12-13H2,(H,23,24,26). The van der Waals surface area contributed by atoms with Crippen molar-refractivity contribution in [1.29, 1.82) is 0 Å². The first-order valence-corrected chi connectivity index (χ1v) is 10.6. The molecule has 0 unspecified atom stereocenters. The van der Waals surface area contributed by atoms with Gasteiger partial charge in [-0.3, -0.25) is 10.1 Å². The molecule has 0 aliphatic rings. The van der Waals surface area contributed by atoms with Gasteiger partial charge in [0.15, 0.2) is 10.9 Å². The van der Waals surface area contributed by atoms with E-state index in [1.807, 2.05) is 42.5 Å². The minimum Gasteiger partial charge on any atom is -0.484 e. The number of carbonyl (C=O) groups excluding carboxylic acids is 1. The molecule has 29 heavy (non-hydrogen) atoms. The van der Waals surface area contributed by atoms with Gasteiger partial charge < -0.3 is 4.74 Å². The van der Waals surface area contributed by atoms with Gasteiger partial charge in [0.25, 0.3) is 5.91 Å². The molecule has 5 nitrogen and oxygen atoms in total. The van der Waals surface area contributed by atoms with Crippen LogP contribution in [0.25, 0.3) is 10.8 Å². The smallest absolute Gasteiger partial charge is 0.264 e. The number of carbonyl (C=O) groups is 1. The molecule has 8 heteroatoms. The van der Waals surface area contributed by atoms with E-state index in [1.54, 1.807) is 12.1 Å². The predicted molar refractivity (Wildman–Crippen MR) is 114 cm³/mol. The van der Waals surface area contributed by atoms with Crippen molar-refractivity contribution in [3.8, 4) is 5.75 Å².